The number of aromatic nitrogens is 2. The fraction of sp³-hybridized carbons (Fsp3) is 0.231. The van der Waals surface area contributed by atoms with Gasteiger partial charge in [0.05, 0.1) is 22.3 Å². The van der Waals surface area contributed by atoms with Gasteiger partial charge in [-0.05, 0) is 43.2 Å². The predicted molar refractivity (Wildman–Crippen MR) is 138 cm³/mol. The Kier molecular flexibility index (Phi) is 6.75. The van der Waals surface area contributed by atoms with Gasteiger partial charge in [0.15, 0.2) is 5.13 Å². The highest BCUT2D eigenvalue weighted by Gasteiger charge is 2.26. The number of nitrogens with one attached hydrogen (secondary N) is 1. The van der Waals surface area contributed by atoms with Crippen molar-refractivity contribution < 1.29 is 14.3 Å². The summed E-state index contributed by atoms with van der Waals surface area (Å²) in [7, 11) is 1.62. The Morgan fingerprint density at radius 1 is 1.11 bits per heavy atom. The van der Waals surface area contributed by atoms with Gasteiger partial charge < -0.3 is 9.64 Å². The van der Waals surface area contributed by atoms with Gasteiger partial charge in [0, 0.05) is 35.9 Å². The maximum absolute atomic E-state index is 12.7. The second-order valence-electron chi connectivity index (χ2n) is 8.06. The molecule has 1 N–H and O–H groups in total. The van der Waals surface area contributed by atoms with Crippen molar-refractivity contribution in [2.24, 2.45) is 0 Å². The molecule has 0 saturated carbocycles. The van der Waals surface area contributed by atoms with Crippen LogP contribution >= 0.6 is 22.7 Å². The molecule has 35 heavy (non-hydrogen) atoms. The topological polar surface area (TPSA) is 84.4 Å². The number of piperidine rings is 1. The number of rotatable bonds is 4. The SMILES string of the molecule is COc1ccc2nc(NC(=O)c3csc(C4CCN(C(=O)C#Cc5ccccc5)CC4)n3)sc2c1. The van der Waals surface area contributed by atoms with Crippen molar-refractivity contribution in [1.82, 2.24) is 14.9 Å². The Morgan fingerprint density at radius 2 is 1.91 bits per heavy atom. The molecule has 1 aliphatic rings. The minimum absolute atomic E-state index is 0.153. The standard InChI is InChI=1S/C26H22N4O3S2/c1-33-19-8-9-20-22(15-19)35-26(28-20)29-24(32)21-16-34-25(27-21)18-11-13-30(14-12-18)23(31)10-7-17-5-3-2-4-6-17/h2-6,8-9,15-16,18H,11-14H2,1H3,(H,28,29,32). The molecule has 1 fully saturated rings. The van der Waals surface area contributed by atoms with Gasteiger partial charge in [-0.1, -0.05) is 35.5 Å². The number of likely N-dealkylation sites (tertiary alicyclic amines) is 1. The summed E-state index contributed by atoms with van der Waals surface area (Å²) in [4.78, 5) is 36.0. The smallest absolute Gasteiger partial charge is 0.298 e. The minimum atomic E-state index is -0.276. The molecular formula is C26H22N4O3S2. The summed E-state index contributed by atoms with van der Waals surface area (Å²) in [6.45, 7) is 1.26. The van der Waals surface area contributed by atoms with Crippen LogP contribution in [0.15, 0.2) is 53.9 Å². The number of hydrogen-bond donors (Lipinski definition) is 1. The van der Waals surface area contributed by atoms with Crippen LogP contribution in [0.4, 0.5) is 5.13 Å². The fourth-order valence-corrected chi connectivity index (χ4v) is 5.74. The van der Waals surface area contributed by atoms with Gasteiger partial charge in [0.1, 0.15) is 11.4 Å². The number of hydrogen-bond acceptors (Lipinski definition) is 7. The Labute approximate surface area is 210 Å². The molecule has 2 amide bonds. The van der Waals surface area contributed by atoms with Gasteiger partial charge in [-0.2, -0.15) is 0 Å². The van der Waals surface area contributed by atoms with Crippen molar-refractivity contribution in [2.75, 3.05) is 25.5 Å². The fourth-order valence-electron chi connectivity index (χ4n) is 3.88. The van der Waals surface area contributed by atoms with E-state index in [4.69, 9.17) is 4.74 Å². The molecular weight excluding hydrogens is 480 g/mol. The van der Waals surface area contributed by atoms with Gasteiger partial charge in [-0.3, -0.25) is 14.9 Å². The molecule has 3 heterocycles. The van der Waals surface area contributed by atoms with E-state index in [0.717, 1.165) is 39.4 Å². The van der Waals surface area contributed by atoms with Crippen LogP contribution in [0.1, 0.15) is 39.8 Å². The van der Waals surface area contributed by atoms with Crippen LogP contribution in [0.5, 0.6) is 5.75 Å². The average molecular weight is 503 g/mol. The minimum Gasteiger partial charge on any atom is -0.497 e. The highest BCUT2D eigenvalue weighted by molar-refractivity contribution is 7.22. The number of nitrogens with zero attached hydrogens (tertiary/aromatic N) is 3. The molecule has 0 bridgehead atoms. The summed E-state index contributed by atoms with van der Waals surface area (Å²) in [6, 6.07) is 15.1. The first-order valence-electron chi connectivity index (χ1n) is 11.2. The van der Waals surface area contributed by atoms with E-state index < -0.39 is 0 Å². The van der Waals surface area contributed by atoms with Crippen molar-refractivity contribution in [2.45, 2.75) is 18.8 Å². The lowest BCUT2D eigenvalue weighted by atomic mass is 9.97. The number of anilines is 1. The molecule has 1 aliphatic heterocycles. The Bertz CT molecular complexity index is 1430. The third-order valence-corrected chi connectivity index (χ3v) is 7.73. The van der Waals surface area contributed by atoms with Gasteiger partial charge in [0.2, 0.25) is 0 Å². The van der Waals surface area contributed by atoms with E-state index in [-0.39, 0.29) is 17.7 Å². The third kappa shape index (κ3) is 5.34. The van der Waals surface area contributed by atoms with Crippen LogP contribution in [0.25, 0.3) is 10.2 Å². The molecule has 4 aromatic rings. The second-order valence-corrected chi connectivity index (χ2v) is 9.98. The Balaban J connectivity index is 1.17. The number of carbonyl (C=O) groups is 2. The Morgan fingerprint density at radius 3 is 2.69 bits per heavy atom. The largest absolute Gasteiger partial charge is 0.497 e. The summed E-state index contributed by atoms with van der Waals surface area (Å²) in [5.74, 6) is 6.21. The summed E-state index contributed by atoms with van der Waals surface area (Å²) in [5.41, 5.74) is 2.02. The molecule has 9 heteroatoms. The van der Waals surface area contributed by atoms with Crippen LogP contribution in [-0.2, 0) is 4.79 Å². The van der Waals surface area contributed by atoms with E-state index in [2.05, 4.69) is 27.1 Å². The normalized spacial score (nSPS) is 13.8. The first-order valence-corrected chi connectivity index (χ1v) is 12.9. The molecule has 1 saturated heterocycles. The molecule has 176 valence electrons. The number of amides is 2. The number of benzene rings is 2. The van der Waals surface area contributed by atoms with Crippen LogP contribution < -0.4 is 10.1 Å². The zero-order chi connectivity index (χ0) is 24.2. The molecule has 5 rings (SSSR count). The monoisotopic (exact) mass is 502 g/mol. The molecule has 2 aromatic heterocycles. The van der Waals surface area contributed by atoms with Crippen molar-refractivity contribution in [3.8, 4) is 17.6 Å². The maximum atomic E-state index is 12.7. The molecule has 0 unspecified atom stereocenters. The van der Waals surface area contributed by atoms with Gasteiger partial charge >= 0.3 is 0 Å². The lowest BCUT2D eigenvalue weighted by Crippen LogP contribution is -2.37. The first kappa shape index (κ1) is 23.0. The van der Waals surface area contributed by atoms with Gasteiger partial charge in [-0.15, -0.1) is 11.3 Å². The summed E-state index contributed by atoms with van der Waals surface area (Å²) < 4.78 is 6.19. The van der Waals surface area contributed by atoms with Crippen molar-refractivity contribution in [3.63, 3.8) is 0 Å². The Hall–Kier alpha value is -3.74. The molecule has 0 spiro atoms. The quantitative estimate of drug-likeness (QED) is 0.407. The van der Waals surface area contributed by atoms with E-state index in [9.17, 15) is 9.59 Å². The lowest BCUT2D eigenvalue weighted by molar-refractivity contribution is -0.126. The molecule has 7 nitrogen and oxygen atoms in total. The summed E-state index contributed by atoms with van der Waals surface area (Å²) >= 11 is 2.88. The number of carbonyl (C=O) groups excluding carboxylic acids is 2. The van der Waals surface area contributed by atoms with E-state index in [1.807, 2.05) is 48.5 Å². The van der Waals surface area contributed by atoms with Crippen molar-refractivity contribution >= 4 is 49.8 Å². The highest BCUT2D eigenvalue weighted by atomic mass is 32.1. The maximum Gasteiger partial charge on any atom is 0.298 e. The van der Waals surface area contributed by atoms with Gasteiger partial charge in [-0.25, -0.2) is 9.97 Å². The zero-order valence-electron chi connectivity index (χ0n) is 19.0. The first-order chi connectivity index (χ1) is 17.1. The molecule has 2 aromatic carbocycles. The number of ether oxygens (including phenoxy) is 1. The van der Waals surface area contributed by atoms with Crippen LogP contribution in [0.3, 0.4) is 0 Å². The van der Waals surface area contributed by atoms with Crippen LogP contribution in [0.2, 0.25) is 0 Å². The van der Waals surface area contributed by atoms with E-state index in [1.165, 1.54) is 22.7 Å². The highest BCUT2D eigenvalue weighted by Crippen LogP contribution is 2.32. The number of thiazole rings is 2. The van der Waals surface area contributed by atoms with E-state index in [1.54, 1.807) is 17.4 Å². The molecule has 0 aliphatic carbocycles. The van der Waals surface area contributed by atoms with E-state index in [0.29, 0.717) is 23.9 Å². The predicted octanol–water partition coefficient (Wildman–Crippen LogP) is 4.77. The van der Waals surface area contributed by atoms with Crippen molar-refractivity contribution in [1.29, 1.82) is 0 Å². The van der Waals surface area contributed by atoms with Crippen molar-refractivity contribution in [3.05, 3.63) is 70.2 Å². The second kappa shape index (κ2) is 10.3. The zero-order valence-corrected chi connectivity index (χ0v) is 20.6. The summed E-state index contributed by atoms with van der Waals surface area (Å²) in [5, 5.41) is 6.08. The molecule has 0 radical (unpaired) electrons. The number of fused-ring (bicyclic) bond motifs is 1. The van der Waals surface area contributed by atoms with Crippen LogP contribution in [0, 0.1) is 11.8 Å². The average Bonchev–Trinajstić information content (AvgIpc) is 3.54. The number of methoxy groups -OCH3 is 1. The third-order valence-electron chi connectivity index (χ3n) is 5.79. The summed E-state index contributed by atoms with van der Waals surface area (Å²) in [6.07, 6.45) is 1.60. The van der Waals surface area contributed by atoms with Crippen LogP contribution in [-0.4, -0.2) is 46.9 Å². The van der Waals surface area contributed by atoms with Gasteiger partial charge in [0.25, 0.3) is 11.8 Å². The van der Waals surface area contributed by atoms with E-state index >= 15 is 0 Å². The lowest BCUT2D eigenvalue weighted by Gasteiger charge is -2.29. The molecule has 0 atom stereocenters.